The lowest BCUT2D eigenvalue weighted by molar-refractivity contribution is 0.574. The summed E-state index contributed by atoms with van der Waals surface area (Å²) in [6.45, 7) is 2.92. The Morgan fingerprint density at radius 2 is 2.28 bits per heavy atom. The van der Waals surface area contributed by atoms with Crippen molar-refractivity contribution in [3.05, 3.63) is 53.6 Å². The van der Waals surface area contributed by atoms with Gasteiger partial charge in [0.1, 0.15) is 5.82 Å². The molecule has 1 N–H and O–H groups in total. The summed E-state index contributed by atoms with van der Waals surface area (Å²) in [6, 6.07) is 6.99. The van der Waals surface area contributed by atoms with Gasteiger partial charge in [-0.2, -0.15) is 5.10 Å². The minimum absolute atomic E-state index is 0.173. The molecule has 4 heteroatoms. The number of nitrogens with one attached hydrogen (secondary N) is 1. The molecule has 2 aromatic rings. The zero-order valence-corrected chi connectivity index (χ0v) is 10.7. The number of aryl methyl sites for hydroxylation is 1. The molecule has 3 nitrogen and oxygen atoms in total. The van der Waals surface area contributed by atoms with Gasteiger partial charge in [-0.25, -0.2) is 4.39 Å². The van der Waals surface area contributed by atoms with Crippen molar-refractivity contribution in [1.82, 2.24) is 15.1 Å². The number of aromatic nitrogens is 2. The molecule has 1 atom stereocenters. The second-order valence-corrected chi connectivity index (χ2v) is 4.50. The van der Waals surface area contributed by atoms with Crippen LogP contribution in [-0.4, -0.2) is 16.3 Å². The fourth-order valence-electron chi connectivity index (χ4n) is 1.91. The Morgan fingerprint density at radius 3 is 2.94 bits per heavy atom. The molecular formula is C14H18FN3. The van der Waals surface area contributed by atoms with Crippen LogP contribution in [-0.2, 0) is 13.5 Å². The lowest BCUT2D eigenvalue weighted by atomic mass is 10.1. The van der Waals surface area contributed by atoms with Crippen LogP contribution < -0.4 is 5.32 Å². The highest BCUT2D eigenvalue weighted by molar-refractivity contribution is 5.16. The lowest BCUT2D eigenvalue weighted by Crippen LogP contribution is -2.21. The van der Waals surface area contributed by atoms with Crippen LogP contribution in [0, 0.1) is 5.82 Å². The molecule has 0 saturated carbocycles. The molecule has 0 aliphatic carbocycles. The molecule has 0 spiro atoms. The number of hydrogen-bond acceptors (Lipinski definition) is 2. The standard InChI is InChI=1S/C14H18FN3/c1-11(13-9-17-18(2)10-13)16-7-6-12-4-3-5-14(15)8-12/h3-5,8-11,16H,6-7H2,1-2H3. The van der Waals surface area contributed by atoms with E-state index in [1.54, 1.807) is 16.8 Å². The Kier molecular flexibility index (Phi) is 4.10. The average Bonchev–Trinajstić information content (AvgIpc) is 2.76. The largest absolute Gasteiger partial charge is 0.310 e. The van der Waals surface area contributed by atoms with Gasteiger partial charge < -0.3 is 5.32 Å². The van der Waals surface area contributed by atoms with Crippen LogP contribution >= 0.6 is 0 Å². The number of benzene rings is 1. The van der Waals surface area contributed by atoms with Crippen LogP contribution in [0.3, 0.4) is 0 Å². The Hall–Kier alpha value is -1.68. The summed E-state index contributed by atoms with van der Waals surface area (Å²) in [5.41, 5.74) is 2.18. The molecular weight excluding hydrogens is 229 g/mol. The molecule has 0 aliphatic heterocycles. The maximum Gasteiger partial charge on any atom is 0.123 e. The van der Waals surface area contributed by atoms with Crippen molar-refractivity contribution in [1.29, 1.82) is 0 Å². The normalized spacial score (nSPS) is 12.6. The summed E-state index contributed by atoms with van der Waals surface area (Å²) >= 11 is 0. The molecule has 0 amide bonds. The van der Waals surface area contributed by atoms with Gasteiger partial charge in [0.05, 0.1) is 6.20 Å². The maximum atomic E-state index is 13.0. The lowest BCUT2D eigenvalue weighted by Gasteiger charge is -2.11. The van der Waals surface area contributed by atoms with Gasteiger partial charge in [0.2, 0.25) is 0 Å². The molecule has 0 bridgehead atoms. The van der Waals surface area contributed by atoms with Gasteiger partial charge in [0.15, 0.2) is 0 Å². The minimum Gasteiger partial charge on any atom is -0.310 e. The summed E-state index contributed by atoms with van der Waals surface area (Å²) in [7, 11) is 1.91. The van der Waals surface area contributed by atoms with Gasteiger partial charge >= 0.3 is 0 Å². The van der Waals surface area contributed by atoms with Crippen molar-refractivity contribution in [2.75, 3.05) is 6.54 Å². The second kappa shape index (κ2) is 5.78. The van der Waals surface area contributed by atoms with Crippen molar-refractivity contribution in [2.45, 2.75) is 19.4 Å². The van der Waals surface area contributed by atoms with Crippen molar-refractivity contribution < 1.29 is 4.39 Å². The first-order valence-corrected chi connectivity index (χ1v) is 6.11. The molecule has 96 valence electrons. The third kappa shape index (κ3) is 3.40. The van der Waals surface area contributed by atoms with Gasteiger partial charge in [0, 0.05) is 24.8 Å². The number of nitrogens with zero attached hydrogens (tertiary/aromatic N) is 2. The smallest absolute Gasteiger partial charge is 0.123 e. The second-order valence-electron chi connectivity index (χ2n) is 4.50. The molecule has 0 saturated heterocycles. The van der Waals surface area contributed by atoms with Crippen LogP contribution in [0.15, 0.2) is 36.7 Å². The van der Waals surface area contributed by atoms with Crippen LogP contribution in [0.5, 0.6) is 0 Å². The van der Waals surface area contributed by atoms with Crippen LogP contribution in [0.2, 0.25) is 0 Å². The summed E-state index contributed by atoms with van der Waals surface area (Å²) in [4.78, 5) is 0. The highest BCUT2D eigenvalue weighted by Crippen LogP contribution is 2.10. The molecule has 1 aromatic carbocycles. The van der Waals surface area contributed by atoms with E-state index in [0.29, 0.717) is 0 Å². The highest BCUT2D eigenvalue weighted by atomic mass is 19.1. The van der Waals surface area contributed by atoms with E-state index in [9.17, 15) is 4.39 Å². The van der Waals surface area contributed by atoms with Gasteiger partial charge in [-0.05, 0) is 37.6 Å². The third-order valence-electron chi connectivity index (χ3n) is 2.98. The fourth-order valence-corrected chi connectivity index (χ4v) is 1.91. The molecule has 1 unspecified atom stereocenters. The van der Waals surface area contributed by atoms with E-state index in [1.807, 2.05) is 25.5 Å². The molecule has 0 aliphatic rings. The summed E-state index contributed by atoms with van der Waals surface area (Å²) in [5.74, 6) is -0.173. The molecule has 18 heavy (non-hydrogen) atoms. The number of halogens is 1. The van der Waals surface area contributed by atoms with E-state index < -0.39 is 0 Å². The van der Waals surface area contributed by atoms with Crippen molar-refractivity contribution >= 4 is 0 Å². The van der Waals surface area contributed by atoms with Crippen LogP contribution in [0.25, 0.3) is 0 Å². The number of hydrogen-bond donors (Lipinski definition) is 1. The zero-order valence-electron chi connectivity index (χ0n) is 10.7. The van der Waals surface area contributed by atoms with E-state index in [0.717, 1.165) is 24.1 Å². The fraction of sp³-hybridized carbons (Fsp3) is 0.357. The quantitative estimate of drug-likeness (QED) is 0.879. The van der Waals surface area contributed by atoms with E-state index in [4.69, 9.17) is 0 Å². The van der Waals surface area contributed by atoms with E-state index in [1.165, 1.54) is 6.07 Å². The highest BCUT2D eigenvalue weighted by Gasteiger charge is 2.06. The van der Waals surface area contributed by atoms with Crippen LogP contribution in [0.4, 0.5) is 4.39 Å². The third-order valence-corrected chi connectivity index (χ3v) is 2.98. The molecule has 2 rings (SSSR count). The van der Waals surface area contributed by atoms with Crippen molar-refractivity contribution in [3.8, 4) is 0 Å². The predicted molar refractivity (Wildman–Crippen MR) is 69.7 cm³/mol. The monoisotopic (exact) mass is 247 g/mol. The van der Waals surface area contributed by atoms with Gasteiger partial charge in [-0.3, -0.25) is 4.68 Å². The summed E-state index contributed by atoms with van der Waals surface area (Å²) < 4.78 is 14.8. The van der Waals surface area contributed by atoms with Crippen molar-refractivity contribution in [3.63, 3.8) is 0 Å². The molecule has 1 heterocycles. The van der Waals surface area contributed by atoms with Crippen LogP contribution in [0.1, 0.15) is 24.1 Å². The maximum absolute atomic E-state index is 13.0. The van der Waals surface area contributed by atoms with Gasteiger partial charge in [0.25, 0.3) is 0 Å². The Morgan fingerprint density at radius 1 is 1.44 bits per heavy atom. The van der Waals surface area contributed by atoms with Gasteiger partial charge in [-0.1, -0.05) is 12.1 Å². The Labute approximate surface area is 107 Å². The molecule has 1 aromatic heterocycles. The molecule has 0 fully saturated rings. The SMILES string of the molecule is CC(NCCc1cccc(F)c1)c1cnn(C)c1. The topological polar surface area (TPSA) is 29.9 Å². The van der Waals surface area contributed by atoms with Crippen molar-refractivity contribution in [2.24, 2.45) is 7.05 Å². The zero-order chi connectivity index (χ0) is 13.0. The minimum atomic E-state index is -0.173. The first-order valence-electron chi connectivity index (χ1n) is 6.11. The van der Waals surface area contributed by atoms with E-state index >= 15 is 0 Å². The summed E-state index contributed by atoms with van der Waals surface area (Å²) in [6.07, 6.45) is 4.68. The Balaban J connectivity index is 1.82. The Bertz CT molecular complexity index is 507. The first kappa shape index (κ1) is 12.8. The van der Waals surface area contributed by atoms with E-state index in [-0.39, 0.29) is 11.9 Å². The van der Waals surface area contributed by atoms with Gasteiger partial charge in [-0.15, -0.1) is 0 Å². The predicted octanol–water partition coefficient (Wildman–Crippen LogP) is 2.45. The van der Waals surface area contributed by atoms with E-state index in [2.05, 4.69) is 17.3 Å². The average molecular weight is 247 g/mol. The molecule has 0 radical (unpaired) electrons. The first-order chi connectivity index (χ1) is 8.65. The summed E-state index contributed by atoms with van der Waals surface area (Å²) in [5, 5.41) is 7.55. The number of rotatable bonds is 5.